The van der Waals surface area contributed by atoms with Gasteiger partial charge >= 0.3 is 0 Å². The molecule has 0 saturated carbocycles. The molecule has 0 aliphatic carbocycles. The van der Waals surface area contributed by atoms with E-state index in [1.54, 1.807) is 11.8 Å². The van der Waals surface area contributed by atoms with Gasteiger partial charge in [0.25, 0.3) is 0 Å². The summed E-state index contributed by atoms with van der Waals surface area (Å²) < 4.78 is 0.194. The molecule has 1 aliphatic rings. The number of thiol groups is 1. The lowest BCUT2D eigenvalue weighted by atomic mass is 10.1. The Hall–Kier alpha value is -0.510. The molecule has 4 heteroatoms. The smallest absolute Gasteiger partial charge is 0.220 e. The zero-order valence-electron chi connectivity index (χ0n) is 10.9. The maximum atomic E-state index is 11.0. The van der Waals surface area contributed by atoms with Crippen LogP contribution in [0.15, 0.2) is 0 Å². The van der Waals surface area contributed by atoms with E-state index in [1.807, 2.05) is 0 Å². The summed E-state index contributed by atoms with van der Waals surface area (Å²) in [5, 5.41) is 0. The second kappa shape index (κ2) is 6.28. The van der Waals surface area contributed by atoms with Gasteiger partial charge in [-0.25, -0.2) is 0 Å². The quantitative estimate of drug-likeness (QED) is 0.720. The van der Waals surface area contributed by atoms with Crippen LogP contribution in [0.4, 0.5) is 0 Å². The van der Waals surface area contributed by atoms with Gasteiger partial charge in [0.05, 0.1) is 6.04 Å². The molecular weight excluding hydrogens is 222 g/mol. The lowest BCUT2D eigenvalue weighted by Crippen LogP contribution is -2.37. The van der Waals surface area contributed by atoms with Crippen LogP contribution in [0.25, 0.3) is 0 Å². The molecule has 1 amide bonds. The number of hydrogen-bond acceptors (Lipinski definition) is 3. The summed E-state index contributed by atoms with van der Waals surface area (Å²) >= 11 is 4.12. The number of carbonyl (C=O) groups is 2. The van der Waals surface area contributed by atoms with Gasteiger partial charge in [0.15, 0.2) is 5.78 Å². The number of carbonyl (C=O) groups excluding carboxylic acids is 2. The van der Waals surface area contributed by atoms with Crippen molar-refractivity contribution < 1.29 is 9.59 Å². The standard InChI is InChI=1S/C8H13NO2.C4H10S/c1-6(10)8-4-3-5-9(8)7(2)11;1-4(2,3)5/h8H,3-5H2,1-2H3;5H,1-3H3. The molecule has 94 valence electrons. The number of Topliss-reactive ketones (excluding diaryl/α,β-unsaturated/α-hetero) is 1. The SMILES string of the molecule is CC(=O)C1CCCN1C(C)=O.CC(C)(C)S. The van der Waals surface area contributed by atoms with E-state index in [1.165, 1.54) is 6.92 Å². The van der Waals surface area contributed by atoms with Crippen LogP contribution in [0.2, 0.25) is 0 Å². The predicted octanol–water partition coefficient (Wildman–Crippen LogP) is 2.30. The van der Waals surface area contributed by atoms with Gasteiger partial charge in [0, 0.05) is 18.2 Å². The third-order valence-corrected chi connectivity index (χ3v) is 2.13. The number of rotatable bonds is 1. The third kappa shape index (κ3) is 6.88. The molecule has 16 heavy (non-hydrogen) atoms. The first kappa shape index (κ1) is 15.5. The zero-order chi connectivity index (χ0) is 12.9. The van der Waals surface area contributed by atoms with Gasteiger partial charge in [0.1, 0.15) is 0 Å². The van der Waals surface area contributed by atoms with Gasteiger partial charge in [0.2, 0.25) is 5.91 Å². The van der Waals surface area contributed by atoms with Crippen molar-refractivity contribution in [3.05, 3.63) is 0 Å². The molecule has 1 aliphatic heterocycles. The minimum absolute atomic E-state index is 0.0164. The van der Waals surface area contributed by atoms with Crippen molar-refractivity contribution in [2.24, 2.45) is 0 Å². The highest BCUT2D eigenvalue weighted by Gasteiger charge is 2.29. The van der Waals surface area contributed by atoms with Crippen molar-refractivity contribution in [2.45, 2.75) is 58.2 Å². The van der Waals surface area contributed by atoms with Gasteiger partial charge in [-0.15, -0.1) is 0 Å². The highest BCUT2D eigenvalue weighted by molar-refractivity contribution is 7.81. The largest absolute Gasteiger partial charge is 0.333 e. The first-order chi connectivity index (χ1) is 7.13. The number of ketones is 1. The second-order valence-corrected chi connectivity index (χ2v) is 6.49. The Morgan fingerprint density at radius 2 is 1.69 bits per heavy atom. The first-order valence-corrected chi connectivity index (χ1v) is 6.07. The maximum Gasteiger partial charge on any atom is 0.220 e. The van der Waals surface area contributed by atoms with Crippen LogP contribution in [0, 0.1) is 0 Å². The number of amides is 1. The average molecular weight is 245 g/mol. The van der Waals surface area contributed by atoms with Gasteiger partial charge in [-0.05, 0) is 19.8 Å². The minimum atomic E-state index is -0.132. The normalized spacial score (nSPS) is 20.1. The zero-order valence-corrected chi connectivity index (χ0v) is 11.8. The Kier molecular flexibility index (Phi) is 6.08. The van der Waals surface area contributed by atoms with E-state index >= 15 is 0 Å². The van der Waals surface area contributed by atoms with E-state index in [0.717, 1.165) is 19.4 Å². The molecule has 0 bridgehead atoms. The third-order valence-electron chi connectivity index (χ3n) is 2.13. The van der Waals surface area contributed by atoms with E-state index in [0.29, 0.717) is 0 Å². The average Bonchev–Trinajstić information content (AvgIpc) is 2.47. The summed E-state index contributed by atoms with van der Waals surface area (Å²) in [5.41, 5.74) is 0. The van der Waals surface area contributed by atoms with Crippen molar-refractivity contribution in [1.82, 2.24) is 4.90 Å². The van der Waals surface area contributed by atoms with Crippen LogP contribution in [0.5, 0.6) is 0 Å². The maximum absolute atomic E-state index is 11.0. The highest BCUT2D eigenvalue weighted by atomic mass is 32.1. The Labute approximate surface area is 104 Å². The van der Waals surface area contributed by atoms with E-state index in [2.05, 4.69) is 33.4 Å². The van der Waals surface area contributed by atoms with E-state index in [9.17, 15) is 9.59 Å². The number of likely N-dealkylation sites (tertiary alicyclic amines) is 1. The van der Waals surface area contributed by atoms with Crippen molar-refractivity contribution >= 4 is 24.3 Å². The van der Waals surface area contributed by atoms with Gasteiger partial charge in [-0.1, -0.05) is 20.8 Å². The van der Waals surface area contributed by atoms with Crippen LogP contribution in [0.3, 0.4) is 0 Å². The van der Waals surface area contributed by atoms with Crippen molar-refractivity contribution in [2.75, 3.05) is 6.54 Å². The number of hydrogen-bond donors (Lipinski definition) is 1. The monoisotopic (exact) mass is 245 g/mol. The number of nitrogens with zero attached hydrogens (tertiary/aromatic N) is 1. The Morgan fingerprint density at radius 1 is 1.25 bits per heavy atom. The Balaban J connectivity index is 0.000000385. The topological polar surface area (TPSA) is 37.4 Å². The molecule has 0 radical (unpaired) electrons. The van der Waals surface area contributed by atoms with Crippen molar-refractivity contribution in [3.63, 3.8) is 0 Å². The summed E-state index contributed by atoms with van der Waals surface area (Å²) in [6.07, 6.45) is 1.80. The summed E-state index contributed by atoms with van der Waals surface area (Å²) in [5.74, 6) is 0.125. The molecule has 1 unspecified atom stereocenters. The minimum Gasteiger partial charge on any atom is -0.333 e. The van der Waals surface area contributed by atoms with Gasteiger partial charge < -0.3 is 4.90 Å². The second-order valence-electron chi connectivity index (χ2n) is 5.15. The van der Waals surface area contributed by atoms with Crippen LogP contribution in [0.1, 0.15) is 47.5 Å². The molecule has 1 rings (SSSR count). The molecule has 1 atom stereocenters. The molecule has 1 saturated heterocycles. The van der Waals surface area contributed by atoms with Crippen LogP contribution in [-0.4, -0.2) is 33.9 Å². The molecule has 1 fully saturated rings. The summed E-state index contributed by atoms with van der Waals surface area (Å²) in [6.45, 7) is 9.97. The van der Waals surface area contributed by atoms with Crippen molar-refractivity contribution in [3.8, 4) is 0 Å². The van der Waals surface area contributed by atoms with Crippen LogP contribution in [-0.2, 0) is 9.59 Å². The summed E-state index contributed by atoms with van der Waals surface area (Å²) in [6, 6.07) is -0.132. The highest BCUT2D eigenvalue weighted by Crippen LogP contribution is 2.17. The fraction of sp³-hybridized carbons (Fsp3) is 0.833. The Bertz CT molecular complexity index is 232. The first-order valence-electron chi connectivity index (χ1n) is 5.63. The van der Waals surface area contributed by atoms with Crippen molar-refractivity contribution in [1.29, 1.82) is 0 Å². The summed E-state index contributed by atoms with van der Waals surface area (Å²) in [7, 11) is 0. The lowest BCUT2D eigenvalue weighted by Gasteiger charge is -2.20. The predicted molar refractivity (Wildman–Crippen MR) is 69.8 cm³/mol. The molecular formula is C12H23NO2S. The fourth-order valence-corrected chi connectivity index (χ4v) is 1.57. The molecule has 0 aromatic heterocycles. The molecule has 0 spiro atoms. The fourth-order valence-electron chi connectivity index (χ4n) is 1.57. The molecule has 0 N–H and O–H groups in total. The van der Waals surface area contributed by atoms with E-state index in [-0.39, 0.29) is 22.5 Å². The summed E-state index contributed by atoms with van der Waals surface area (Å²) in [4.78, 5) is 23.6. The molecule has 0 aromatic carbocycles. The molecule has 3 nitrogen and oxygen atoms in total. The van der Waals surface area contributed by atoms with E-state index < -0.39 is 0 Å². The lowest BCUT2D eigenvalue weighted by molar-refractivity contribution is -0.135. The Morgan fingerprint density at radius 3 is 1.94 bits per heavy atom. The van der Waals surface area contributed by atoms with Crippen LogP contribution >= 0.6 is 12.6 Å². The molecule has 1 heterocycles. The van der Waals surface area contributed by atoms with Crippen LogP contribution < -0.4 is 0 Å². The molecule has 0 aromatic rings. The van der Waals surface area contributed by atoms with E-state index in [4.69, 9.17) is 0 Å². The van der Waals surface area contributed by atoms with Gasteiger partial charge in [-0.3, -0.25) is 9.59 Å². The van der Waals surface area contributed by atoms with Gasteiger partial charge in [-0.2, -0.15) is 12.6 Å².